The molecule has 7 nitrogen and oxygen atoms in total. The zero-order valence-corrected chi connectivity index (χ0v) is 11.0. The van der Waals surface area contributed by atoms with Gasteiger partial charge < -0.3 is 10.2 Å². The number of nitrogens with zero attached hydrogens (tertiary/aromatic N) is 1. The van der Waals surface area contributed by atoms with E-state index in [4.69, 9.17) is 16.0 Å². The van der Waals surface area contributed by atoms with E-state index in [0.29, 0.717) is 12.3 Å². The van der Waals surface area contributed by atoms with Crippen molar-refractivity contribution in [1.82, 2.24) is 10.3 Å². The Hall–Kier alpha value is -1.86. The van der Waals surface area contributed by atoms with E-state index in [1.165, 1.54) is 0 Å². The number of hydrazine groups is 1. The van der Waals surface area contributed by atoms with Gasteiger partial charge in [0, 0.05) is 0 Å². The van der Waals surface area contributed by atoms with Crippen LogP contribution in [-0.4, -0.2) is 29.8 Å². The SMILES string of the molecule is CCCCN(CC(N)=O)Cc1ccc(C(=O)NN)o1. The van der Waals surface area contributed by atoms with Gasteiger partial charge in [0.25, 0.3) is 0 Å². The van der Waals surface area contributed by atoms with Crippen LogP contribution in [0.1, 0.15) is 36.1 Å². The molecular formula is C12H20N4O3. The predicted molar refractivity (Wildman–Crippen MR) is 69.7 cm³/mol. The molecule has 0 spiro atoms. The average molecular weight is 268 g/mol. The van der Waals surface area contributed by atoms with Crippen molar-refractivity contribution in [2.75, 3.05) is 13.1 Å². The lowest BCUT2D eigenvalue weighted by molar-refractivity contribution is -0.119. The quantitative estimate of drug-likeness (QED) is 0.348. The average Bonchev–Trinajstić information content (AvgIpc) is 2.82. The van der Waals surface area contributed by atoms with Gasteiger partial charge in [-0.15, -0.1) is 0 Å². The molecule has 19 heavy (non-hydrogen) atoms. The summed E-state index contributed by atoms with van der Waals surface area (Å²) >= 11 is 0. The highest BCUT2D eigenvalue weighted by atomic mass is 16.4. The number of rotatable bonds is 8. The van der Waals surface area contributed by atoms with Crippen LogP contribution in [0.15, 0.2) is 16.5 Å². The molecule has 0 saturated heterocycles. The minimum absolute atomic E-state index is 0.145. The second kappa shape index (κ2) is 7.55. The molecule has 0 unspecified atom stereocenters. The van der Waals surface area contributed by atoms with E-state index in [1.807, 2.05) is 10.3 Å². The van der Waals surface area contributed by atoms with E-state index in [9.17, 15) is 9.59 Å². The highest BCUT2D eigenvalue weighted by molar-refractivity contribution is 5.90. The molecule has 106 valence electrons. The summed E-state index contributed by atoms with van der Waals surface area (Å²) in [6.07, 6.45) is 1.98. The summed E-state index contributed by atoms with van der Waals surface area (Å²) in [5.74, 6) is 4.88. The summed E-state index contributed by atoms with van der Waals surface area (Å²) < 4.78 is 5.34. The molecule has 1 rings (SSSR count). The number of hydrogen-bond acceptors (Lipinski definition) is 5. The minimum atomic E-state index is -0.485. The van der Waals surface area contributed by atoms with E-state index in [1.54, 1.807) is 12.1 Å². The van der Waals surface area contributed by atoms with Gasteiger partial charge in [-0.05, 0) is 25.1 Å². The summed E-state index contributed by atoms with van der Waals surface area (Å²) in [5.41, 5.74) is 7.20. The van der Waals surface area contributed by atoms with Crippen LogP contribution in [-0.2, 0) is 11.3 Å². The van der Waals surface area contributed by atoms with Crippen LogP contribution >= 0.6 is 0 Å². The van der Waals surface area contributed by atoms with Crippen molar-refractivity contribution >= 4 is 11.8 Å². The molecule has 2 amide bonds. The maximum Gasteiger partial charge on any atom is 0.300 e. The van der Waals surface area contributed by atoms with E-state index < -0.39 is 5.91 Å². The van der Waals surface area contributed by atoms with Crippen LogP contribution in [0.5, 0.6) is 0 Å². The first-order valence-electron chi connectivity index (χ1n) is 6.17. The van der Waals surface area contributed by atoms with Crippen LogP contribution in [0.2, 0.25) is 0 Å². The van der Waals surface area contributed by atoms with Crippen LogP contribution in [0.3, 0.4) is 0 Å². The number of hydrogen-bond donors (Lipinski definition) is 3. The fraction of sp³-hybridized carbons (Fsp3) is 0.500. The van der Waals surface area contributed by atoms with Crippen molar-refractivity contribution in [1.29, 1.82) is 0 Å². The molecule has 0 atom stereocenters. The Morgan fingerprint density at radius 3 is 2.74 bits per heavy atom. The second-order valence-electron chi connectivity index (χ2n) is 4.27. The van der Waals surface area contributed by atoms with Gasteiger partial charge in [0.15, 0.2) is 5.76 Å². The van der Waals surface area contributed by atoms with Gasteiger partial charge >= 0.3 is 5.91 Å². The normalized spacial score (nSPS) is 10.7. The monoisotopic (exact) mass is 268 g/mol. The Morgan fingerprint density at radius 1 is 1.42 bits per heavy atom. The summed E-state index contributed by atoms with van der Waals surface area (Å²) in [6, 6.07) is 3.23. The first kappa shape index (κ1) is 15.2. The fourth-order valence-corrected chi connectivity index (χ4v) is 1.69. The Morgan fingerprint density at radius 2 is 2.16 bits per heavy atom. The van der Waals surface area contributed by atoms with E-state index in [2.05, 4.69) is 6.92 Å². The number of nitrogen functional groups attached to an aromatic ring is 1. The van der Waals surface area contributed by atoms with E-state index >= 15 is 0 Å². The smallest absolute Gasteiger partial charge is 0.300 e. The summed E-state index contributed by atoms with van der Waals surface area (Å²) in [4.78, 5) is 24.1. The molecule has 0 bridgehead atoms. The van der Waals surface area contributed by atoms with Gasteiger partial charge in [0.1, 0.15) is 5.76 Å². The molecule has 1 aromatic rings. The molecule has 0 aromatic carbocycles. The fourth-order valence-electron chi connectivity index (χ4n) is 1.69. The zero-order valence-electron chi connectivity index (χ0n) is 11.0. The summed E-state index contributed by atoms with van der Waals surface area (Å²) in [7, 11) is 0. The molecule has 1 aromatic heterocycles. The summed E-state index contributed by atoms with van der Waals surface area (Å²) in [6.45, 7) is 3.41. The number of amides is 2. The van der Waals surface area contributed by atoms with Gasteiger partial charge in [-0.25, -0.2) is 5.84 Å². The van der Waals surface area contributed by atoms with Crippen molar-refractivity contribution < 1.29 is 14.0 Å². The van der Waals surface area contributed by atoms with Gasteiger partial charge in [-0.1, -0.05) is 13.3 Å². The van der Waals surface area contributed by atoms with Crippen molar-refractivity contribution in [3.05, 3.63) is 23.7 Å². The summed E-state index contributed by atoms with van der Waals surface area (Å²) in [5, 5.41) is 0. The lowest BCUT2D eigenvalue weighted by atomic mass is 10.3. The maximum atomic E-state index is 11.2. The number of furan rings is 1. The number of carbonyl (C=O) groups is 2. The van der Waals surface area contributed by atoms with Gasteiger partial charge in [-0.3, -0.25) is 19.9 Å². The van der Waals surface area contributed by atoms with Gasteiger partial charge in [-0.2, -0.15) is 0 Å². The molecule has 5 N–H and O–H groups in total. The third-order valence-electron chi connectivity index (χ3n) is 2.60. The lowest BCUT2D eigenvalue weighted by Gasteiger charge is -2.18. The van der Waals surface area contributed by atoms with Gasteiger partial charge in [0.05, 0.1) is 13.1 Å². The predicted octanol–water partition coefficient (Wildman–Crippen LogP) is -0.0295. The maximum absolute atomic E-state index is 11.2. The van der Waals surface area contributed by atoms with Crippen LogP contribution in [0, 0.1) is 0 Å². The first-order chi connectivity index (χ1) is 9.06. The molecule has 0 saturated carbocycles. The van der Waals surface area contributed by atoms with Crippen molar-refractivity contribution in [2.45, 2.75) is 26.3 Å². The van der Waals surface area contributed by atoms with Crippen LogP contribution < -0.4 is 17.0 Å². The number of carbonyl (C=O) groups excluding carboxylic acids is 2. The topological polar surface area (TPSA) is 115 Å². The molecule has 7 heteroatoms. The number of primary amides is 1. The standard InChI is InChI=1S/C12H20N4O3/c1-2-3-6-16(8-11(13)17)7-9-4-5-10(19-9)12(18)15-14/h4-5H,2-3,6-8,14H2,1H3,(H2,13,17)(H,15,18). The minimum Gasteiger partial charge on any atom is -0.455 e. The molecule has 0 fully saturated rings. The second-order valence-corrected chi connectivity index (χ2v) is 4.27. The highest BCUT2D eigenvalue weighted by Crippen LogP contribution is 2.11. The molecule has 0 aliphatic rings. The van der Waals surface area contributed by atoms with Crippen LogP contribution in [0.25, 0.3) is 0 Å². The largest absolute Gasteiger partial charge is 0.455 e. The van der Waals surface area contributed by atoms with Gasteiger partial charge in [0.2, 0.25) is 5.91 Å². The molecular weight excluding hydrogens is 248 g/mol. The van der Waals surface area contributed by atoms with Crippen molar-refractivity contribution in [2.24, 2.45) is 11.6 Å². The van der Waals surface area contributed by atoms with Crippen LogP contribution in [0.4, 0.5) is 0 Å². The Bertz CT molecular complexity index is 430. The molecule has 0 aliphatic carbocycles. The molecule has 0 radical (unpaired) electrons. The Kier molecular flexibility index (Phi) is 6.04. The number of nitrogens with two attached hydrogens (primary N) is 2. The third kappa shape index (κ3) is 5.11. The lowest BCUT2D eigenvalue weighted by Crippen LogP contribution is -2.34. The van der Waals surface area contributed by atoms with E-state index in [0.717, 1.165) is 19.4 Å². The van der Waals surface area contributed by atoms with E-state index in [-0.39, 0.29) is 18.2 Å². The highest BCUT2D eigenvalue weighted by Gasteiger charge is 2.13. The van der Waals surface area contributed by atoms with Crippen molar-refractivity contribution in [3.8, 4) is 0 Å². The third-order valence-corrected chi connectivity index (χ3v) is 2.60. The molecule has 1 heterocycles. The zero-order chi connectivity index (χ0) is 14.3. The Labute approximate surface area is 111 Å². The number of unbranched alkanes of at least 4 members (excludes halogenated alkanes) is 1. The van der Waals surface area contributed by atoms with Crippen molar-refractivity contribution in [3.63, 3.8) is 0 Å². The first-order valence-corrected chi connectivity index (χ1v) is 6.17. The number of nitrogens with one attached hydrogen (secondary N) is 1. The Balaban J connectivity index is 2.64. The molecule has 0 aliphatic heterocycles.